The van der Waals surface area contributed by atoms with Gasteiger partial charge in [-0.15, -0.1) is 24.0 Å². The molecule has 0 aliphatic carbocycles. The largest absolute Gasteiger partial charge is 0.497 e. The zero-order valence-corrected chi connectivity index (χ0v) is 18.7. The van der Waals surface area contributed by atoms with Crippen molar-refractivity contribution < 1.29 is 19.3 Å². The summed E-state index contributed by atoms with van der Waals surface area (Å²) in [7, 11) is 3.39. The number of aliphatic hydroxyl groups excluding tert-OH is 1. The van der Waals surface area contributed by atoms with Crippen molar-refractivity contribution in [3.63, 3.8) is 0 Å². The maximum atomic E-state index is 9.31. The lowest BCUT2D eigenvalue weighted by Crippen LogP contribution is -2.46. The maximum absolute atomic E-state index is 9.31. The highest BCUT2D eigenvalue weighted by atomic mass is 127. The van der Waals surface area contributed by atoms with E-state index >= 15 is 0 Å². The van der Waals surface area contributed by atoms with E-state index in [0.717, 1.165) is 43.5 Å². The van der Waals surface area contributed by atoms with Crippen LogP contribution in [0, 0.1) is 5.41 Å². The fourth-order valence-corrected chi connectivity index (χ4v) is 2.97. The van der Waals surface area contributed by atoms with Gasteiger partial charge in [-0.05, 0) is 44.0 Å². The smallest absolute Gasteiger partial charge is 0.191 e. The van der Waals surface area contributed by atoms with Crippen LogP contribution in [0.5, 0.6) is 11.5 Å². The molecule has 2 unspecified atom stereocenters. The SMILES string of the molecule is CN=C(NCC(C)Oc1ccc(OC)cc1)NCC1(CCO)CCOC1.I. The molecule has 1 fully saturated rings. The van der Waals surface area contributed by atoms with E-state index in [2.05, 4.69) is 15.6 Å². The summed E-state index contributed by atoms with van der Waals surface area (Å²) in [6.45, 7) is 4.94. The van der Waals surface area contributed by atoms with Crippen LogP contribution in [0.1, 0.15) is 19.8 Å². The fraction of sp³-hybridized carbons (Fsp3) is 0.632. The monoisotopic (exact) mass is 493 g/mol. The second kappa shape index (κ2) is 12.2. The molecular weight excluding hydrogens is 461 g/mol. The van der Waals surface area contributed by atoms with Gasteiger partial charge in [0, 0.05) is 32.2 Å². The molecule has 1 aliphatic rings. The molecule has 1 aromatic rings. The number of methoxy groups -OCH3 is 1. The Hall–Kier alpha value is -1.26. The number of benzene rings is 1. The van der Waals surface area contributed by atoms with Crippen LogP contribution in [-0.2, 0) is 4.74 Å². The average molecular weight is 493 g/mol. The molecule has 2 atom stereocenters. The van der Waals surface area contributed by atoms with Gasteiger partial charge in [0.2, 0.25) is 0 Å². The van der Waals surface area contributed by atoms with Crippen LogP contribution in [0.3, 0.4) is 0 Å². The second-order valence-electron chi connectivity index (χ2n) is 6.69. The molecule has 2 rings (SSSR count). The molecule has 0 amide bonds. The van der Waals surface area contributed by atoms with Gasteiger partial charge in [-0.1, -0.05) is 0 Å². The van der Waals surface area contributed by atoms with Crippen molar-refractivity contribution in [2.75, 3.05) is 47.1 Å². The molecule has 1 aliphatic heterocycles. The van der Waals surface area contributed by atoms with E-state index in [0.29, 0.717) is 13.2 Å². The van der Waals surface area contributed by atoms with E-state index in [1.165, 1.54) is 0 Å². The second-order valence-corrected chi connectivity index (χ2v) is 6.69. The number of ether oxygens (including phenoxy) is 3. The quantitative estimate of drug-likeness (QED) is 0.278. The Labute approximate surface area is 178 Å². The molecule has 8 heteroatoms. The molecule has 27 heavy (non-hydrogen) atoms. The Bertz CT molecular complexity index is 563. The zero-order chi connectivity index (χ0) is 18.8. The minimum absolute atomic E-state index is 0. The van der Waals surface area contributed by atoms with Gasteiger partial charge >= 0.3 is 0 Å². The average Bonchev–Trinajstić information content (AvgIpc) is 3.11. The van der Waals surface area contributed by atoms with Crippen LogP contribution in [-0.4, -0.2) is 64.2 Å². The van der Waals surface area contributed by atoms with Gasteiger partial charge in [-0.25, -0.2) is 0 Å². The highest BCUT2D eigenvalue weighted by Crippen LogP contribution is 2.31. The van der Waals surface area contributed by atoms with Crippen molar-refractivity contribution >= 4 is 29.9 Å². The number of halogens is 1. The molecule has 1 aromatic carbocycles. The molecule has 0 aromatic heterocycles. The normalized spacial score (nSPS) is 20.5. The predicted molar refractivity (Wildman–Crippen MR) is 117 cm³/mol. The van der Waals surface area contributed by atoms with Crippen molar-refractivity contribution in [1.29, 1.82) is 0 Å². The van der Waals surface area contributed by atoms with E-state index in [-0.39, 0.29) is 42.1 Å². The van der Waals surface area contributed by atoms with E-state index in [1.54, 1.807) is 14.2 Å². The predicted octanol–water partition coefficient (Wildman–Crippen LogP) is 2.03. The van der Waals surface area contributed by atoms with Crippen molar-refractivity contribution in [2.24, 2.45) is 10.4 Å². The summed E-state index contributed by atoms with van der Waals surface area (Å²) < 4.78 is 16.6. The summed E-state index contributed by atoms with van der Waals surface area (Å²) in [5.74, 6) is 2.33. The van der Waals surface area contributed by atoms with Gasteiger partial charge in [0.15, 0.2) is 5.96 Å². The Balaban J connectivity index is 0.00000364. The van der Waals surface area contributed by atoms with E-state index in [9.17, 15) is 5.11 Å². The van der Waals surface area contributed by atoms with E-state index in [1.807, 2.05) is 31.2 Å². The number of guanidine groups is 1. The first-order chi connectivity index (χ1) is 12.6. The minimum atomic E-state index is -0.0249. The molecule has 0 bridgehead atoms. The lowest BCUT2D eigenvalue weighted by Gasteiger charge is -2.28. The zero-order valence-electron chi connectivity index (χ0n) is 16.4. The molecule has 7 nitrogen and oxygen atoms in total. The molecule has 0 radical (unpaired) electrons. The third-order valence-electron chi connectivity index (χ3n) is 4.64. The van der Waals surface area contributed by atoms with Gasteiger partial charge in [0.25, 0.3) is 0 Å². The summed E-state index contributed by atoms with van der Waals surface area (Å²) in [6, 6.07) is 7.53. The number of nitrogens with zero attached hydrogens (tertiary/aromatic N) is 1. The third kappa shape index (κ3) is 7.71. The van der Waals surface area contributed by atoms with Crippen LogP contribution in [0.25, 0.3) is 0 Å². The first kappa shape index (κ1) is 23.8. The molecule has 1 heterocycles. The van der Waals surface area contributed by atoms with Gasteiger partial charge in [0.05, 0.1) is 20.3 Å². The van der Waals surface area contributed by atoms with Crippen molar-refractivity contribution in [3.05, 3.63) is 24.3 Å². The number of rotatable bonds is 9. The highest BCUT2D eigenvalue weighted by molar-refractivity contribution is 14.0. The standard InChI is InChI=1S/C19H31N3O4.HI/c1-15(26-17-6-4-16(24-3)5-7-17)12-21-18(20-2)22-13-19(8-10-23)9-11-25-14-19;/h4-7,15,23H,8-14H2,1-3H3,(H2,20,21,22);1H. The molecule has 0 saturated carbocycles. The van der Waals surface area contributed by atoms with Crippen LogP contribution in [0.15, 0.2) is 29.3 Å². The number of hydrogen-bond acceptors (Lipinski definition) is 5. The summed E-state index contributed by atoms with van der Waals surface area (Å²) in [5, 5.41) is 15.9. The van der Waals surface area contributed by atoms with E-state index in [4.69, 9.17) is 14.2 Å². The Morgan fingerprint density at radius 2 is 2.00 bits per heavy atom. The van der Waals surface area contributed by atoms with E-state index < -0.39 is 0 Å². The molecule has 0 spiro atoms. The number of nitrogens with one attached hydrogen (secondary N) is 2. The van der Waals surface area contributed by atoms with Crippen LogP contribution < -0.4 is 20.1 Å². The Kier molecular flexibility index (Phi) is 10.8. The van der Waals surface area contributed by atoms with Crippen molar-refractivity contribution in [2.45, 2.75) is 25.9 Å². The Morgan fingerprint density at radius 1 is 1.30 bits per heavy atom. The third-order valence-corrected chi connectivity index (χ3v) is 4.64. The summed E-state index contributed by atoms with van der Waals surface area (Å²) in [6.07, 6.45) is 1.66. The van der Waals surface area contributed by atoms with Gasteiger partial charge in [-0.2, -0.15) is 0 Å². The van der Waals surface area contributed by atoms with Gasteiger partial charge in [0.1, 0.15) is 17.6 Å². The van der Waals surface area contributed by atoms with Crippen LogP contribution >= 0.6 is 24.0 Å². The molecule has 154 valence electrons. The molecular formula is C19H32IN3O4. The number of hydrogen-bond donors (Lipinski definition) is 3. The number of aliphatic imine (C=N–C) groups is 1. The fourth-order valence-electron chi connectivity index (χ4n) is 2.97. The summed E-state index contributed by atoms with van der Waals surface area (Å²) in [4.78, 5) is 4.26. The van der Waals surface area contributed by atoms with Crippen molar-refractivity contribution in [3.8, 4) is 11.5 Å². The molecule has 1 saturated heterocycles. The highest BCUT2D eigenvalue weighted by Gasteiger charge is 2.34. The number of aliphatic hydroxyl groups is 1. The first-order valence-corrected chi connectivity index (χ1v) is 9.04. The topological polar surface area (TPSA) is 84.3 Å². The minimum Gasteiger partial charge on any atom is -0.497 e. The van der Waals surface area contributed by atoms with Crippen LogP contribution in [0.4, 0.5) is 0 Å². The van der Waals surface area contributed by atoms with Crippen LogP contribution in [0.2, 0.25) is 0 Å². The molecule has 3 N–H and O–H groups in total. The lowest BCUT2D eigenvalue weighted by molar-refractivity contribution is 0.127. The first-order valence-electron chi connectivity index (χ1n) is 9.04. The summed E-state index contributed by atoms with van der Waals surface area (Å²) >= 11 is 0. The van der Waals surface area contributed by atoms with Gasteiger partial charge in [-0.3, -0.25) is 4.99 Å². The van der Waals surface area contributed by atoms with Gasteiger partial charge < -0.3 is 30.0 Å². The lowest BCUT2D eigenvalue weighted by atomic mass is 9.84. The Morgan fingerprint density at radius 3 is 2.56 bits per heavy atom. The maximum Gasteiger partial charge on any atom is 0.191 e. The van der Waals surface area contributed by atoms with Crippen molar-refractivity contribution in [1.82, 2.24) is 10.6 Å². The summed E-state index contributed by atoms with van der Waals surface area (Å²) in [5.41, 5.74) is -0.0163.